The molecule has 5 nitrogen and oxygen atoms in total. The molecule has 1 heterocycles. The van der Waals surface area contributed by atoms with Gasteiger partial charge in [0.15, 0.2) is 0 Å². The second kappa shape index (κ2) is 10.7. The maximum absolute atomic E-state index is 5.73. The molecule has 3 aromatic rings. The number of aromatic nitrogens is 2. The minimum atomic E-state index is 0.616. The summed E-state index contributed by atoms with van der Waals surface area (Å²) < 4.78 is 9.09. The summed E-state index contributed by atoms with van der Waals surface area (Å²) in [5, 5.41) is 3.39. The molecule has 0 spiro atoms. The lowest BCUT2D eigenvalue weighted by molar-refractivity contribution is 0.341. The first-order valence-electron chi connectivity index (χ1n) is 9.55. The summed E-state index contributed by atoms with van der Waals surface area (Å²) in [7, 11) is 0. The Labute approximate surface area is 171 Å². The van der Waals surface area contributed by atoms with E-state index in [2.05, 4.69) is 45.1 Å². The molecule has 146 valence electrons. The lowest BCUT2D eigenvalue weighted by Crippen LogP contribution is -2.04. The van der Waals surface area contributed by atoms with Crippen molar-refractivity contribution in [3.63, 3.8) is 0 Å². The van der Waals surface area contributed by atoms with Gasteiger partial charge in [-0.3, -0.25) is 4.72 Å². The fourth-order valence-corrected chi connectivity index (χ4v) is 3.52. The van der Waals surface area contributed by atoms with E-state index in [1.807, 2.05) is 43.3 Å². The topological polar surface area (TPSA) is 59.1 Å². The second-order valence-electron chi connectivity index (χ2n) is 6.23. The molecule has 0 aliphatic carbocycles. The van der Waals surface area contributed by atoms with E-state index in [1.165, 1.54) is 5.56 Å². The van der Waals surface area contributed by atoms with E-state index >= 15 is 0 Å². The van der Waals surface area contributed by atoms with E-state index in [-0.39, 0.29) is 0 Å². The standard InChI is InChI=1S/C22H26N4OS/c1-3-12-25-28-15-17-8-7-9-18(13-17)26-22-14-20(23-16-24-22)19-10-5-6-11-21(19)27-4-2/h5-11,13-14,16,25H,3-4,12,15H2,1-2H3,(H,23,24,26). The highest BCUT2D eigenvalue weighted by Crippen LogP contribution is 2.29. The van der Waals surface area contributed by atoms with Crippen LogP contribution in [0.25, 0.3) is 11.3 Å². The Kier molecular flexibility index (Phi) is 7.70. The lowest BCUT2D eigenvalue weighted by Gasteiger charge is -2.11. The Hall–Kier alpha value is -2.57. The van der Waals surface area contributed by atoms with Crippen molar-refractivity contribution in [2.45, 2.75) is 26.0 Å². The minimum absolute atomic E-state index is 0.616. The Balaban J connectivity index is 1.73. The third kappa shape index (κ3) is 5.71. The zero-order chi connectivity index (χ0) is 19.6. The number of para-hydroxylation sites is 1. The van der Waals surface area contributed by atoms with Crippen molar-refractivity contribution in [2.24, 2.45) is 0 Å². The van der Waals surface area contributed by atoms with Gasteiger partial charge in [-0.25, -0.2) is 9.97 Å². The van der Waals surface area contributed by atoms with Gasteiger partial charge in [0.2, 0.25) is 0 Å². The molecule has 0 saturated carbocycles. The van der Waals surface area contributed by atoms with Crippen LogP contribution in [0.4, 0.5) is 11.5 Å². The normalized spacial score (nSPS) is 10.6. The van der Waals surface area contributed by atoms with Crippen LogP contribution in [0.1, 0.15) is 25.8 Å². The zero-order valence-electron chi connectivity index (χ0n) is 16.3. The van der Waals surface area contributed by atoms with Crippen LogP contribution < -0.4 is 14.8 Å². The molecule has 0 unspecified atom stereocenters. The molecule has 3 rings (SSSR count). The van der Waals surface area contributed by atoms with Crippen molar-refractivity contribution in [1.29, 1.82) is 0 Å². The van der Waals surface area contributed by atoms with Gasteiger partial charge in [0.25, 0.3) is 0 Å². The number of anilines is 2. The van der Waals surface area contributed by atoms with Crippen molar-refractivity contribution >= 4 is 23.5 Å². The van der Waals surface area contributed by atoms with Gasteiger partial charge in [-0.05, 0) is 43.2 Å². The zero-order valence-corrected chi connectivity index (χ0v) is 17.1. The molecule has 0 atom stereocenters. The summed E-state index contributed by atoms with van der Waals surface area (Å²) >= 11 is 1.73. The maximum Gasteiger partial charge on any atom is 0.134 e. The first-order chi connectivity index (χ1) is 13.8. The summed E-state index contributed by atoms with van der Waals surface area (Å²) in [6.45, 7) is 5.79. The fourth-order valence-electron chi connectivity index (χ4n) is 2.73. The molecule has 0 saturated heterocycles. The fraction of sp³-hybridized carbons (Fsp3) is 0.273. The number of hydrogen-bond acceptors (Lipinski definition) is 6. The molecule has 0 aliphatic rings. The van der Waals surface area contributed by atoms with E-state index in [0.29, 0.717) is 6.61 Å². The van der Waals surface area contributed by atoms with E-state index in [1.54, 1.807) is 18.3 Å². The maximum atomic E-state index is 5.73. The predicted molar refractivity (Wildman–Crippen MR) is 118 cm³/mol. The number of rotatable bonds is 10. The highest BCUT2D eigenvalue weighted by Gasteiger charge is 2.08. The molecule has 2 aromatic carbocycles. The summed E-state index contributed by atoms with van der Waals surface area (Å²) in [5.41, 5.74) is 4.06. The monoisotopic (exact) mass is 394 g/mol. The van der Waals surface area contributed by atoms with Crippen molar-refractivity contribution in [3.05, 3.63) is 66.5 Å². The predicted octanol–water partition coefficient (Wildman–Crippen LogP) is 5.43. The van der Waals surface area contributed by atoms with Gasteiger partial charge in [0.1, 0.15) is 17.9 Å². The number of nitrogens with one attached hydrogen (secondary N) is 2. The van der Waals surface area contributed by atoms with E-state index in [0.717, 1.165) is 47.2 Å². The SMILES string of the molecule is CCCNSCc1cccc(Nc2cc(-c3ccccc3OCC)ncn2)c1. The molecule has 0 fully saturated rings. The molecule has 0 amide bonds. The number of ether oxygens (including phenoxy) is 1. The van der Waals surface area contributed by atoms with Crippen LogP contribution in [0.2, 0.25) is 0 Å². The number of hydrogen-bond donors (Lipinski definition) is 2. The average molecular weight is 395 g/mol. The van der Waals surface area contributed by atoms with Crippen LogP contribution in [-0.4, -0.2) is 23.1 Å². The van der Waals surface area contributed by atoms with Gasteiger partial charge in [0, 0.05) is 29.6 Å². The average Bonchev–Trinajstić information content (AvgIpc) is 2.72. The van der Waals surface area contributed by atoms with Crippen molar-refractivity contribution in [3.8, 4) is 17.0 Å². The summed E-state index contributed by atoms with van der Waals surface area (Å²) in [4.78, 5) is 8.80. The summed E-state index contributed by atoms with van der Waals surface area (Å²) in [6, 6.07) is 18.3. The Bertz CT molecular complexity index is 888. The third-order valence-electron chi connectivity index (χ3n) is 4.02. The van der Waals surface area contributed by atoms with Crippen molar-refractivity contribution < 1.29 is 4.74 Å². The van der Waals surface area contributed by atoms with Crippen LogP contribution >= 0.6 is 11.9 Å². The molecule has 1 aromatic heterocycles. The highest BCUT2D eigenvalue weighted by atomic mass is 32.2. The van der Waals surface area contributed by atoms with E-state index in [9.17, 15) is 0 Å². The Morgan fingerprint density at radius 1 is 1.00 bits per heavy atom. The first kappa shape index (κ1) is 20.2. The second-order valence-corrected chi connectivity index (χ2v) is 7.09. The highest BCUT2D eigenvalue weighted by molar-refractivity contribution is 7.96. The molecular weight excluding hydrogens is 368 g/mol. The molecule has 28 heavy (non-hydrogen) atoms. The minimum Gasteiger partial charge on any atom is -0.493 e. The molecule has 6 heteroatoms. The molecular formula is C22H26N4OS. The van der Waals surface area contributed by atoms with Crippen molar-refractivity contribution in [1.82, 2.24) is 14.7 Å². The van der Waals surface area contributed by atoms with Crippen molar-refractivity contribution in [2.75, 3.05) is 18.5 Å². The Morgan fingerprint density at radius 2 is 1.89 bits per heavy atom. The van der Waals surface area contributed by atoms with Gasteiger partial charge in [-0.2, -0.15) is 0 Å². The Morgan fingerprint density at radius 3 is 2.75 bits per heavy atom. The third-order valence-corrected chi connectivity index (χ3v) is 4.91. The van der Waals surface area contributed by atoms with Gasteiger partial charge in [-0.1, -0.05) is 43.1 Å². The summed E-state index contributed by atoms with van der Waals surface area (Å²) in [6.07, 6.45) is 2.71. The molecule has 0 bridgehead atoms. The van der Waals surface area contributed by atoms with Gasteiger partial charge >= 0.3 is 0 Å². The van der Waals surface area contributed by atoms with E-state index in [4.69, 9.17) is 4.74 Å². The number of nitrogens with zero attached hydrogens (tertiary/aromatic N) is 2. The number of benzene rings is 2. The molecule has 2 N–H and O–H groups in total. The van der Waals surface area contributed by atoms with Gasteiger partial charge < -0.3 is 10.1 Å². The largest absolute Gasteiger partial charge is 0.493 e. The summed E-state index contributed by atoms with van der Waals surface area (Å²) in [5.74, 6) is 2.50. The van der Waals surface area contributed by atoms with Crippen LogP contribution in [0.3, 0.4) is 0 Å². The first-order valence-corrected chi connectivity index (χ1v) is 10.5. The van der Waals surface area contributed by atoms with Gasteiger partial charge in [0.05, 0.1) is 12.3 Å². The smallest absolute Gasteiger partial charge is 0.134 e. The van der Waals surface area contributed by atoms with Crippen LogP contribution in [-0.2, 0) is 5.75 Å². The lowest BCUT2D eigenvalue weighted by atomic mass is 10.1. The van der Waals surface area contributed by atoms with E-state index < -0.39 is 0 Å². The van der Waals surface area contributed by atoms with Crippen LogP contribution in [0.15, 0.2) is 60.9 Å². The quantitative estimate of drug-likeness (QED) is 0.353. The van der Waals surface area contributed by atoms with Gasteiger partial charge in [-0.15, -0.1) is 0 Å². The van der Waals surface area contributed by atoms with Crippen LogP contribution in [0, 0.1) is 0 Å². The van der Waals surface area contributed by atoms with Crippen LogP contribution in [0.5, 0.6) is 5.75 Å². The molecule has 0 radical (unpaired) electrons. The molecule has 0 aliphatic heterocycles.